The number of benzene rings is 1. The fraction of sp³-hybridized carbons (Fsp3) is 0.500. The normalized spacial score (nSPS) is 13.6. The van der Waals surface area contributed by atoms with Crippen molar-refractivity contribution in [3.05, 3.63) is 30.3 Å². The predicted octanol–water partition coefficient (Wildman–Crippen LogP) is 1.13. The molecule has 0 saturated heterocycles. The van der Waals surface area contributed by atoms with Crippen molar-refractivity contribution in [2.45, 2.75) is 6.10 Å². The van der Waals surface area contributed by atoms with Crippen LogP contribution in [0, 0.1) is 0 Å². The lowest BCUT2D eigenvalue weighted by Crippen LogP contribution is -2.43. The fourth-order valence-electron chi connectivity index (χ4n) is 1.39. The maximum Gasteiger partial charge on any atom is 0.137 e. The number of para-hydroxylation sites is 1. The van der Waals surface area contributed by atoms with E-state index in [1.165, 1.54) is 0 Å². The Morgan fingerprint density at radius 3 is 2.33 bits per heavy atom. The SMILES string of the molecule is C[N+](C)(C)C[C@@H](O)COc1ccccc1. The van der Waals surface area contributed by atoms with Crippen LogP contribution < -0.4 is 4.74 Å². The molecular formula is C12H20NO2+. The average molecular weight is 210 g/mol. The van der Waals surface area contributed by atoms with Gasteiger partial charge in [0.25, 0.3) is 0 Å². The van der Waals surface area contributed by atoms with Crippen molar-refractivity contribution in [2.24, 2.45) is 0 Å². The van der Waals surface area contributed by atoms with E-state index in [1.807, 2.05) is 51.5 Å². The smallest absolute Gasteiger partial charge is 0.137 e. The summed E-state index contributed by atoms with van der Waals surface area (Å²) in [6.45, 7) is 1.03. The summed E-state index contributed by atoms with van der Waals surface area (Å²) in [5.41, 5.74) is 0. The molecule has 0 aromatic heterocycles. The second kappa shape index (κ2) is 5.14. The maximum absolute atomic E-state index is 9.71. The van der Waals surface area contributed by atoms with E-state index in [4.69, 9.17) is 4.74 Å². The van der Waals surface area contributed by atoms with Gasteiger partial charge in [0.1, 0.15) is 25.0 Å². The van der Waals surface area contributed by atoms with Crippen LogP contribution in [0.4, 0.5) is 0 Å². The zero-order chi connectivity index (χ0) is 11.3. The summed E-state index contributed by atoms with van der Waals surface area (Å²) >= 11 is 0. The quantitative estimate of drug-likeness (QED) is 0.738. The molecule has 0 saturated carbocycles. The van der Waals surface area contributed by atoms with Crippen molar-refractivity contribution in [1.82, 2.24) is 0 Å². The van der Waals surface area contributed by atoms with Crippen molar-refractivity contribution in [1.29, 1.82) is 0 Å². The highest BCUT2D eigenvalue weighted by Crippen LogP contribution is 2.08. The summed E-state index contributed by atoms with van der Waals surface area (Å²) in [5, 5.41) is 9.71. The molecule has 1 rings (SSSR count). The Balaban J connectivity index is 2.32. The van der Waals surface area contributed by atoms with Gasteiger partial charge in [-0.3, -0.25) is 0 Å². The molecule has 1 aromatic carbocycles. The summed E-state index contributed by atoms with van der Waals surface area (Å²) in [4.78, 5) is 0. The highest BCUT2D eigenvalue weighted by atomic mass is 16.5. The molecule has 0 fully saturated rings. The Hall–Kier alpha value is -1.06. The van der Waals surface area contributed by atoms with Crippen LogP contribution in [0.25, 0.3) is 0 Å². The molecule has 0 amide bonds. The van der Waals surface area contributed by atoms with Crippen molar-refractivity contribution in [2.75, 3.05) is 34.3 Å². The van der Waals surface area contributed by atoms with Gasteiger partial charge in [-0.1, -0.05) is 18.2 Å². The number of likely N-dealkylation sites (N-methyl/N-ethyl adjacent to an activating group) is 1. The molecule has 15 heavy (non-hydrogen) atoms. The van der Waals surface area contributed by atoms with E-state index in [0.29, 0.717) is 13.2 Å². The van der Waals surface area contributed by atoms with E-state index in [9.17, 15) is 5.11 Å². The Bertz CT molecular complexity index is 279. The van der Waals surface area contributed by atoms with E-state index in [0.717, 1.165) is 10.2 Å². The van der Waals surface area contributed by atoms with Gasteiger partial charge in [-0.05, 0) is 12.1 Å². The molecule has 0 bridgehead atoms. The Morgan fingerprint density at radius 2 is 1.80 bits per heavy atom. The molecule has 3 nitrogen and oxygen atoms in total. The number of hydrogen-bond donors (Lipinski definition) is 1. The summed E-state index contributed by atoms with van der Waals surface area (Å²) in [7, 11) is 6.14. The number of aliphatic hydroxyl groups excluding tert-OH is 1. The molecule has 3 heteroatoms. The Morgan fingerprint density at radius 1 is 1.20 bits per heavy atom. The minimum absolute atomic E-state index is 0.347. The molecule has 0 spiro atoms. The van der Waals surface area contributed by atoms with Crippen LogP contribution in [-0.4, -0.2) is 50.0 Å². The lowest BCUT2D eigenvalue weighted by molar-refractivity contribution is -0.873. The van der Waals surface area contributed by atoms with Crippen LogP contribution in [0.5, 0.6) is 5.75 Å². The second-order valence-corrected chi connectivity index (χ2v) is 4.75. The first-order valence-electron chi connectivity index (χ1n) is 5.14. The summed E-state index contributed by atoms with van der Waals surface area (Å²) in [6, 6.07) is 9.55. The van der Waals surface area contributed by atoms with Gasteiger partial charge in [-0.25, -0.2) is 0 Å². The van der Waals surface area contributed by atoms with E-state index >= 15 is 0 Å². The van der Waals surface area contributed by atoms with Crippen LogP contribution in [0.3, 0.4) is 0 Å². The third-order valence-corrected chi connectivity index (χ3v) is 1.94. The van der Waals surface area contributed by atoms with Crippen molar-refractivity contribution in [3.63, 3.8) is 0 Å². The number of aliphatic hydroxyl groups is 1. The number of ether oxygens (including phenoxy) is 1. The topological polar surface area (TPSA) is 29.5 Å². The first-order valence-corrected chi connectivity index (χ1v) is 5.14. The lowest BCUT2D eigenvalue weighted by atomic mass is 10.3. The molecule has 0 heterocycles. The number of rotatable bonds is 5. The fourth-order valence-corrected chi connectivity index (χ4v) is 1.39. The van der Waals surface area contributed by atoms with Gasteiger partial charge in [0, 0.05) is 0 Å². The molecule has 0 aliphatic heterocycles. The number of quaternary nitrogens is 1. The predicted molar refractivity (Wildman–Crippen MR) is 60.8 cm³/mol. The van der Waals surface area contributed by atoms with Gasteiger partial charge in [-0.2, -0.15) is 0 Å². The highest BCUT2D eigenvalue weighted by Gasteiger charge is 2.15. The van der Waals surface area contributed by atoms with Crippen LogP contribution in [0.1, 0.15) is 0 Å². The van der Waals surface area contributed by atoms with Gasteiger partial charge in [0.2, 0.25) is 0 Å². The minimum atomic E-state index is -0.426. The monoisotopic (exact) mass is 210 g/mol. The van der Waals surface area contributed by atoms with Gasteiger partial charge in [-0.15, -0.1) is 0 Å². The molecular weight excluding hydrogens is 190 g/mol. The first kappa shape index (κ1) is 12.0. The summed E-state index contributed by atoms with van der Waals surface area (Å²) < 4.78 is 6.19. The standard InChI is InChI=1S/C12H20NO2/c1-13(2,3)9-11(14)10-15-12-7-5-4-6-8-12/h4-8,11,14H,9-10H2,1-3H3/q+1/t11-/m1/s1. The zero-order valence-electron chi connectivity index (χ0n) is 9.68. The molecule has 84 valence electrons. The third-order valence-electron chi connectivity index (χ3n) is 1.94. The van der Waals surface area contributed by atoms with Crippen LogP contribution in [0.2, 0.25) is 0 Å². The largest absolute Gasteiger partial charge is 0.491 e. The van der Waals surface area contributed by atoms with Crippen LogP contribution in [-0.2, 0) is 0 Å². The van der Waals surface area contributed by atoms with Gasteiger partial charge < -0.3 is 14.3 Å². The highest BCUT2D eigenvalue weighted by molar-refractivity contribution is 5.20. The van der Waals surface area contributed by atoms with Gasteiger partial charge in [0.05, 0.1) is 21.1 Å². The van der Waals surface area contributed by atoms with E-state index in [1.54, 1.807) is 0 Å². The third kappa shape index (κ3) is 5.40. The summed E-state index contributed by atoms with van der Waals surface area (Å²) in [6.07, 6.45) is -0.426. The molecule has 0 unspecified atom stereocenters. The number of nitrogens with zero attached hydrogens (tertiary/aromatic N) is 1. The maximum atomic E-state index is 9.71. The van der Waals surface area contributed by atoms with Crippen molar-refractivity contribution < 1.29 is 14.3 Å². The van der Waals surface area contributed by atoms with Crippen LogP contribution in [0.15, 0.2) is 30.3 Å². The van der Waals surface area contributed by atoms with Crippen LogP contribution >= 0.6 is 0 Å². The molecule has 0 radical (unpaired) electrons. The van der Waals surface area contributed by atoms with Gasteiger partial charge >= 0.3 is 0 Å². The summed E-state index contributed by atoms with van der Waals surface area (Å²) in [5.74, 6) is 0.804. The molecule has 0 aliphatic rings. The lowest BCUT2D eigenvalue weighted by Gasteiger charge is -2.26. The van der Waals surface area contributed by atoms with E-state index in [2.05, 4.69) is 0 Å². The minimum Gasteiger partial charge on any atom is -0.491 e. The molecule has 1 atom stereocenters. The average Bonchev–Trinajstić information content (AvgIpc) is 2.14. The molecule has 0 aliphatic carbocycles. The van der Waals surface area contributed by atoms with Crippen molar-refractivity contribution >= 4 is 0 Å². The Kier molecular flexibility index (Phi) is 4.12. The second-order valence-electron chi connectivity index (χ2n) is 4.75. The van der Waals surface area contributed by atoms with E-state index in [-0.39, 0.29) is 0 Å². The Labute approximate surface area is 91.5 Å². The zero-order valence-corrected chi connectivity index (χ0v) is 9.68. The molecule has 1 aromatic rings. The molecule has 1 N–H and O–H groups in total. The first-order chi connectivity index (χ1) is 6.97. The van der Waals surface area contributed by atoms with E-state index < -0.39 is 6.10 Å². The number of hydrogen-bond acceptors (Lipinski definition) is 2. The van der Waals surface area contributed by atoms with Crippen molar-refractivity contribution in [3.8, 4) is 5.75 Å². The van der Waals surface area contributed by atoms with Gasteiger partial charge in [0.15, 0.2) is 0 Å².